The van der Waals surface area contributed by atoms with E-state index in [1.807, 2.05) is 0 Å². The Morgan fingerprint density at radius 3 is 0.685 bits per heavy atom. The van der Waals surface area contributed by atoms with E-state index < -0.39 is 6.10 Å². The normalized spacial score (nSPS) is 12.0. The van der Waals surface area contributed by atoms with Crippen molar-refractivity contribution in [2.24, 2.45) is 0 Å². The second kappa shape index (κ2) is 62.7. The first-order valence-corrected chi connectivity index (χ1v) is 33.2. The number of esters is 3. The fourth-order valence-corrected chi connectivity index (χ4v) is 10.3. The summed E-state index contributed by atoms with van der Waals surface area (Å²) < 4.78 is 16.9. The number of ether oxygens (including phenoxy) is 3. The van der Waals surface area contributed by atoms with Gasteiger partial charge in [-0.15, -0.1) is 0 Å². The molecule has 73 heavy (non-hydrogen) atoms. The molecule has 432 valence electrons. The molecule has 0 radical (unpaired) electrons. The van der Waals surface area contributed by atoms with Crippen molar-refractivity contribution in [1.29, 1.82) is 0 Å². The van der Waals surface area contributed by atoms with Gasteiger partial charge in [0.1, 0.15) is 13.2 Å². The second-order valence-electron chi connectivity index (χ2n) is 22.7. The van der Waals surface area contributed by atoms with E-state index in [-0.39, 0.29) is 31.1 Å². The van der Waals surface area contributed by atoms with Crippen LogP contribution in [0.4, 0.5) is 0 Å². The Morgan fingerprint density at radius 1 is 0.260 bits per heavy atom. The molecular weight excluding hydrogens is 901 g/mol. The third kappa shape index (κ3) is 60.9. The van der Waals surface area contributed by atoms with Gasteiger partial charge in [-0.05, 0) is 44.9 Å². The highest BCUT2D eigenvalue weighted by atomic mass is 16.6. The summed E-state index contributed by atoms with van der Waals surface area (Å²) in [5.41, 5.74) is 0. The zero-order chi connectivity index (χ0) is 52.9. The lowest BCUT2D eigenvalue weighted by Gasteiger charge is -2.18. The van der Waals surface area contributed by atoms with Crippen LogP contribution in [0.3, 0.4) is 0 Å². The van der Waals surface area contributed by atoms with Gasteiger partial charge in [-0.25, -0.2) is 0 Å². The molecule has 0 spiro atoms. The molecule has 0 fully saturated rings. The largest absolute Gasteiger partial charge is 0.462 e. The fraction of sp³-hybridized carbons (Fsp3) is 0.925. The van der Waals surface area contributed by atoms with E-state index in [2.05, 4.69) is 32.9 Å². The summed E-state index contributed by atoms with van der Waals surface area (Å²) in [5, 5.41) is 0. The molecule has 0 aliphatic carbocycles. The lowest BCUT2D eigenvalue weighted by Crippen LogP contribution is -2.30. The van der Waals surface area contributed by atoms with Crippen LogP contribution in [0.15, 0.2) is 12.2 Å². The topological polar surface area (TPSA) is 78.9 Å². The van der Waals surface area contributed by atoms with Gasteiger partial charge >= 0.3 is 17.9 Å². The number of unbranched alkanes of at least 4 members (excludes halogenated alkanes) is 49. The minimum absolute atomic E-state index is 0.0626. The van der Waals surface area contributed by atoms with Crippen LogP contribution in [-0.4, -0.2) is 37.2 Å². The molecule has 0 aromatic rings. The lowest BCUT2D eigenvalue weighted by molar-refractivity contribution is -0.167. The molecular formula is C67H128O6. The van der Waals surface area contributed by atoms with E-state index in [0.29, 0.717) is 19.3 Å². The molecule has 1 unspecified atom stereocenters. The summed E-state index contributed by atoms with van der Waals surface area (Å²) in [4.78, 5) is 38.1. The Labute approximate surface area is 456 Å². The molecule has 0 amide bonds. The Balaban J connectivity index is 3.95. The fourth-order valence-electron chi connectivity index (χ4n) is 10.3. The van der Waals surface area contributed by atoms with Crippen LogP contribution in [0.2, 0.25) is 0 Å². The first-order valence-electron chi connectivity index (χ1n) is 33.2. The van der Waals surface area contributed by atoms with E-state index in [1.165, 1.54) is 283 Å². The highest BCUT2D eigenvalue weighted by Gasteiger charge is 2.19. The van der Waals surface area contributed by atoms with Crippen molar-refractivity contribution in [1.82, 2.24) is 0 Å². The zero-order valence-electron chi connectivity index (χ0n) is 49.7. The number of carbonyl (C=O) groups is 3. The van der Waals surface area contributed by atoms with Crippen LogP contribution in [-0.2, 0) is 28.6 Å². The van der Waals surface area contributed by atoms with Crippen molar-refractivity contribution in [3.8, 4) is 0 Å². The van der Waals surface area contributed by atoms with Crippen molar-refractivity contribution >= 4 is 17.9 Å². The number of hydrogen-bond donors (Lipinski definition) is 0. The van der Waals surface area contributed by atoms with Crippen LogP contribution in [0.25, 0.3) is 0 Å². The number of hydrogen-bond acceptors (Lipinski definition) is 6. The van der Waals surface area contributed by atoms with Crippen molar-refractivity contribution in [2.45, 2.75) is 386 Å². The Bertz CT molecular complexity index is 1130. The third-order valence-corrected chi connectivity index (χ3v) is 15.3. The van der Waals surface area contributed by atoms with E-state index in [0.717, 1.165) is 57.8 Å². The van der Waals surface area contributed by atoms with Gasteiger partial charge in [-0.3, -0.25) is 14.4 Å². The van der Waals surface area contributed by atoms with Crippen molar-refractivity contribution in [3.05, 3.63) is 12.2 Å². The summed E-state index contributed by atoms with van der Waals surface area (Å²) in [6, 6.07) is 0. The third-order valence-electron chi connectivity index (χ3n) is 15.3. The van der Waals surface area contributed by atoms with Crippen LogP contribution in [0, 0.1) is 0 Å². The first-order chi connectivity index (χ1) is 36.0. The van der Waals surface area contributed by atoms with Crippen molar-refractivity contribution < 1.29 is 28.6 Å². The smallest absolute Gasteiger partial charge is 0.306 e. The second-order valence-corrected chi connectivity index (χ2v) is 22.7. The van der Waals surface area contributed by atoms with E-state index in [4.69, 9.17) is 14.2 Å². The molecule has 6 heteroatoms. The summed E-state index contributed by atoms with van der Waals surface area (Å²) in [6.07, 6.45) is 74.0. The Morgan fingerprint density at radius 2 is 0.452 bits per heavy atom. The summed E-state index contributed by atoms with van der Waals surface area (Å²) >= 11 is 0. The summed E-state index contributed by atoms with van der Waals surface area (Å²) in [6.45, 7) is 6.68. The van der Waals surface area contributed by atoms with Gasteiger partial charge < -0.3 is 14.2 Å². The lowest BCUT2D eigenvalue weighted by atomic mass is 10.0. The van der Waals surface area contributed by atoms with Crippen LogP contribution < -0.4 is 0 Å². The molecule has 0 rings (SSSR count). The molecule has 0 bridgehead atoms. The maximum Gasteiger partial charge on any atom is 0.306 e. The monoisotopic (exact) mass is 1030 g/mol. The van der Waals surface area contributed by atoms with Gasteiger partial charge in [-0.2, -0.15) is 0 Å². The number of carbonyl (C=O) groups excluding carboxylic acids is 3. The van der Waals surface area contributed by atoms with Gasteiger partial charge in [0.25, 0.3) is 0 Å². The average molecular weight is 1030 g/mol. The van der Waals surface area contributed by atoms with Gasteiger partial charge in [-0.1, -0.05) is 328 Å². The average Bonchev–Trinajstić information content (AvgIpc) is 3.39. The van der Waals surface area contributed by atoms with E-state index >= 15 is 0 Å². The number of allylic oxidation sites excluding steroid dienone is 2. The molecule has 0 saturated carbocycles. The quantitative estimate of drug-likeness (QED) is 0.0261. The summed E-state index contributed by atoms with van der Waals surface area (Å²) in [7, 11) is 0. The zero-order valence-corrected chi connectivity index (χ0v) is 49.7. The molecule has 0 saturated heterocycles. The van der Waals surface area contributed by atoms with Crippen LogP contribution in [0.5, 0.6) is 0 Å². The van der Waals surface area contributed by atoms with Crippen LogP contribution in [0.1, 0.15) is 380 Å². The van der Waals surface area contributed by atoms with Gasteiger partial charge in [0.15, 0.2) is 6.10 Å². The highest BCUT2D eigenvalue weighted by Crippen LogP contribution is 2.18. The van der Waals surface area contributed by atoms with Crippen LogP contribution >= 0.6 is 0 Å². The van der Waals surface area contributed by atoms with Crippen molar-refractivity contribution in [3.63, 3.8) is 0 Å². The van der Waals surface area contributed by atoms with Gasteiger partial charge in [0.05, 0.1) is 0 Å². The number of rotatable bonds is 62. The van der Waals surface area contributed by atoms with Gasteiger partial charge in [0.2, 0.25) is 0 Å². The van der Waals surface area contributed by atoms with E-state index in [9.17, 15) is 14.4 Å². The predicted octanol–water partition coefficient (Wildman–Crippen LogP) is 22.4. The standard InChI is InChI=1S/C67H128O6/c1-4-7-10-13-16-19-22-24-25-26-27-28-29-30-31-32-33-34-35-36-37-38-39-40-41-42-43-44-46-48-51-54-57-60-66(69)72-63-64(62-71-65(68)59-56-53-50-47-21-18-15-12-9-6-3)73-67(70)61-58-55-52-49-45-23-20-17-14-11-8-5-2/h26-27,64H,4-25,28-63H2,1-3H3/b27-26-. The summed E-state index contributed by atoms with van der Waals surface area (Å²) in [5.74, 6) is -0.838. The minimum atomic E-state index is -0.762. The molecule has 0 aromatic carbocycles. The molecule has 0 aliphatic rings. The SMILES string of the molecule is CCCCCCCCCC/C=C\CCCCCCCCCCCCCCCCCCCCCCCC(=O)OCC(COC(=O)CCCCCCCCCCCC)OC(=O)CCCCCCCCCCCCCC. The van der Waals surface area contributed by atoms with E-state index in [1.54, 1.807) is 0 Å². The minimum Gasteiger partial charge on any atom is -0.462 e. The molecule has 0 aliphatic heterocycles. The Hall–Kier alpha value is -1.85. The molecule has 6 nitrogen and oxygen atoms in total. The predicted molar refractivity (Wildman–Crippen MR) is 317 cm³/mol. The molecule has 1 atom stereocenters. The highest BCUT2D eigenvalue weighted by molar-refractivity contribution is 5.71. The molecule has 0 heterocycles. The first kappa shape index (κ1) is 71.2. The van der Waals surface area contributed by atoms with Crippen molar-refractivity contribution in [2.75, 3.05) is 13.2 Å². The Kier molecular flexibility index (Phi) is 61.1. The maximum atomic E-state index is 12.8. The maximum absolute atomic E-state index is 12.8. The molecule has 0 N–H and O–H groups in total. The van der Waals surface area contributed by atoms with Gasteiger partial charge in [0, 0.05) is 19.3 Å². The molecule has 0 aromatic heterocycles.